The second-order valence-electron chi connectivity index (χ2n) is 5.66. The number of nitrogens with zero attached hydrogens (tertiary/aromatic N) is 6. The molecule has 26 heavy (non-hydrogen) atoms. The van der Waals surface area contributed by atoms with Gasteiger partial charge in [0.2, 0.25) is 0 Å². The molecule has 5 rings (SSSR count). The van der Waals surface area contributed by atoms with Gasteiger partial charge in [-0.3, -0.25) is 19.2 Å². The zero-order valence-electron chi connectivity index (χ0n) is 12.8. The zero-order valence-corrected chi connectivity index (χ0v) is 12.8. The molecular formula is C16H6N6O4-2. The topological polar surface area (TPSA) is 132 Å². The molecule has 0 saturated carbocycles. The fourth-order valence-electron chi connectivity index (χ4n) is 3.11. The van der Waals surface area contributed by atoms with E-state index >= 15 is 0 Å². The minimum Gasteiger partial charge on any atom is -0.580 e. The molecule has 0 aliphatic carbocycles. The summed E-state index contributed by atoms with van der Waals surface area (Å²) < 4.78 is 1.83. The molecule has 0 radical (unpaired) electrons. The third-order valence-electron chi connectivity index (χ3n) is 4.30. The third-order valence-corrected chi connectivity index (χ3v) is 4.30. The van der Waals surface area contributed by atoms with Crippen molar-refractivity contribution in [3.8, 4) is 11.4 Å². The van der Waals surface area contributed by atoms with E-state index in [1.54, 1.807) is 0 Å². The Balaban J connectivity index is 1.94. The Labute approximate surface area is 141 Å². The molecule has 4 heterocycles. The molecule has 0 fully saturated rings. The molecule has 0 aliphatic rings. The fourth-order valence-corrected chi connectivity index (χ4v) is 3.11. The molecule has 1 aromatic carbocycles. The minimum atomic E-state index is -0.599. The zero-order chi connectivity index (χ0) is 18.0. The molecule has 0 N–H and O–H groups in total. The molecule has 0 bridgehead atoms. The van der Waals surface area contributed by atoms with Crippen molar-refractivity contribution < 1.29 is 0 Å². The predicted molar refractivity (Wildman–Crippen MR) is 89.8 cm³/mol. The van der Waals surface area contributed by atoms with Crippen LogP contribution < -0.4 is 32.4 Å². The van der Waals surface area contributed by atoms with E-state index in [2.05, 4.69) is 20.4 Å². The van der Waals surface area contributed by atoms with Crippen LogP contribution in [0.15, 0.2) is 56.1 Å². The summed E-state index contributed by atoms with van der Waals surface area (Å²) in [5, 5.41) is 14.6. The molecule has 5 aromatic rings. The van der Waals surface area contributed by atoms with E-state index in [9.17, 15) is 19.2 Å². The van der Waals surface area contributed by atoms with Crippen molar-refractivity contribution in [3.63, 3.8) is 0 Å². The van der Waals surface area contributed by atoms with E-state index in [-0.39, 0.29) is 32.9 Å². The normalized spacial score (nSPS) is 11.7. The average Bonchev–Trinajstić information content (AvgIpc) is 3.39. The maximum Gasteiger partial charge on any atom is 0.266 e. The summed E-state index contributed by atoms with van der Waals surface area (Å²) in [4.78, 5) is 50.5. The molecule has 0 atom stereocenters. The van der Waals surface area contributed by atoms with Crippen LogP contribution in [0.5, 0.6) is 0 Å². The molecule has 0 unspecified atom stereocenters. The van der Waals surface area contributed by atoms with Crippen molar-refractivity contribution in [2.75, 3.05) is 0 Å². The molecule has 4 aromatic heterocycles. The maximum absolute atomic E-state index is 12.6. The second-order valence-corrected chi connectivity index (χ2v) is 5.66. The minimum absolute atomic E-state index is 0.0525. The van der Waals surface area contributed by atoms with E-state index in [0.717, 1.165) is 9.13 Å². The number of rotatable bonds is 2. The summed E-state index contributed by atoms with van der Waals surface area (Å²) in [7, 11) is 0. The van der Waals surface area contributed by atoms with Crippen LogP contribution in [0.4, 0.5) is 0 Å². The summed E-state index contributed by atoms with van der Waals surface area (Å²) in [6.07, 6.45) is 5.12. The van der Waals surface area contributed by atoms with Crippen LogP contribution in [-0.4, -0.2) is 19.3 Å². The van der Waals surface area contributed by atoms with Crippen LogP contribution in [-0.2, 0) is 0 Å². The maximum atomic E-state index is 12.6. The summed E-state index contributed by atoms with van der Waals surface area (Å²) in [6, 6.07) is 2.55. The van der Waals surface area contributed by atoms with Crippen molar-refractivity contribution in [3.05, 3.63) is 78.3 Å². The Morgan fingerprint density at radius 3 is 1.23 bits per heavy atom. The smallest absolute Gasteiger partial charge is 0.266 e. The van der Waals surface area contributed by atoms with Gasteiger partial charge in [-0.15, -0.1) is 12.4 Å². The highest BCUT2D eigenvalue weighted by atomic mass is 16.2. The summed E-state index contributed by atoms with van der Waals surface area (Å²) in [6.45, 7) is 0. The van der Waals surface area contributed by atoms with Crippen molar-refractivity contribution in [1.29, 1.82) is 0 Å². The van der Waals surface area contributed by atoms with E-state index in [4.69, 9.17) is 0 Å². The average molecular weight is 346 g/mol. The van der Waals surface area contributed by atoms with Crippen LogP contribution >= 0.6 is 0 Å². The number of hydrogen-bond acceptors (Lipinski definition) is 6. The van der Waals surface area contributed by atoms with Gasteiger partial charge in [0.1, 0.15) is 0 Å². The molecule has 0 amide bonds. The van der Waals surface area contributed by atoms with Gasteiger partial charge in [-0.1, -0.05) is 0 Å². The molecule has 126 valence electrons. The first kappa shape index (κ1) is 14.3. The molecule has 0 aliphatic heterocycles. The lowest BCUT2D eigenvalue weighted by atomic mass is 10.1. The third kappa shape index (κ3) is 1.64. The van der Waals surface area contributed by atoms with Gasteiger partial charge in [-0.2, -0.15) is 0 Å². The lowest BCUT2D eigenvalue weighted by Gasteiger charge is -1.94. The Morgan fingerprint density at radius 1 is 0.615 bits per heavy atom. The van der Waals surface area contributed by atoms with E-state index in [0.29, 0.717) is 0 Å². The lowest BCUT2D eigenvalue weighted by molar-refractivity contribution is 0.989. The van der Waals surface area contributed by atoms with Crippen LogP contribution in [0, 0.1) is 0 Å². The van der Waals surface area contributed by atoms with Crippen LogP contribution in [0.3, 0.4) is 0 Å². The summed E-state index contributed by atoms with van der Waals surface area (Å²) in [5.74, 6) is 0. The fraction of sp³-hybridized carbons (Fsp3) is 0. The van der Waals surface area contributed by atoms with Gasteiger partial charge in [0, 0.05) is 23.8 Å². The monoisotopic (exact) mass is 346 g/mol. The predicted octanol–water partition coefficient (Wildman–Crippen LogP) is -1.40. The van der Waals surface area contributed by atoms with E-state index in [1.165, 1.54) is 36.9 Å². The molecule has 10 nitrogen and oxygen atoms in total. The second kappa shape index (κ2) is 4.72. The first-order valence-electron chi connectivity index (χ1n) is 7.40. The summed E-state index contributed by atoms with van der Waals surface area (Å²) >= 11 is 0. The standard InChI is InChI=1S/C16H6N6O4/c23-13-9-1-10-12(16(26)22(14(10)24)8-5-19-20-6-8)2-11(9)15(25)21(13)7-3-17-18-4-7/h1-6H/q-2. The molecule has 0 spiro atoms. The highest BCUT2D eigenvalue weighted by Crippen LogP contribution is 2.16. The van der Waals surface area contributed by atoms with Gasteiger partial charge >= 0.3 is 0 Å². The highest BCUT2D eigenvalue weighted by Gasteiger charge is 2.20. The Morgan fingerprint density at radius 2 is 0.962 bits per heavy atom. The SMILES string of the molecule is O=c1c2cc3c(=O)n(-c4cn[n-]c4)c(=O)c3cc2c(=O)n1-c1cn[n-]c1. The first-order chi connectivity index (χ1) is 12.6. The van der Waals surface area contributed by atoms with E-state index in [1.807, 2.05) is 0 Å². The van der Waals surface area contributed by atoms with Crippen molar-refractivity contribution in [2.24, 2.45) is 0 Å². The van der Waals surface area contributed by atoms with Crippen LogP contribution in [0.2, 0.25) is 0 Å². The van der Waals surface area contributed by atoms with Crippen LogP contribution in [0.1, 0.15) is 0 Å². The van der Waals surface area contributed by atoms with Gasteiger partial charge < -0.3 is 20.4 Å². The van der Waals surface area contributed by atoms with Crippen molar-refractivity contribution in [1.82, 2.24) is 29.5 Å². The van der Waals surface area contributed by atoms with Gasteiger partial charge in [-0.05, 0) is 12.1 Å². The summed E-state index contributed by atoms with van der Waals surface area (Å²) in [5.41, 5.74) is -1.94. The van der Waals surface area contributed by atoms with Gasteiger partial charge in [0.25, 0.3) is 22.2 Å². The Kier molecular flexibility index (Phi) is 2.59. The molecule has 0 saturated heterocycles. The lowest BCUT2D eigenvalue weighted by Crippen LogP contribution is -2.23. The number of aromatic nitrogens is 6. The Bertz CT molecular complexity index is 1300. The Hall–Kier alpha value is -4.08. The highest BCUT2D eigenvalue weighted by molar-refractivity contribution is 5.98. The van der Waals surface area contributed by atoms with E-state index < -0.39 is 22.2 Å². The van der Waals surface area contributed by atoms with Gasteiger partial charge in [-0.25, -0.2) is 9.13 Å². The number of hydrogen-bond donors (Lipinski definition) is 0. The first-order valence-corrected chi connectivity index (χ1v) is 7.40. The quantitative estimate of drug-likeness (QED) is 0.381. The van der Waals surface area contributed by atoms with Crippen LogP contribution in [0.25, 0.3) is 32.9 Å². The molecular weight excluding hydrogens is 340 g/mol. The number of fused-ring (bicyclic) bond motifs is 2. The van der Waals surface area contributed by atoms with Gasteiger partial charge in [0.05, 0.1) is 21.5 Å². The molecule has 10 heteroatoms. The van der Waals surface area contributed by atoms with Gasteiger partial charge in [0.15, 0.2) is 0 Å². The van der Waals surface area contributed by atoms with Crippen molar-refractivity contribution in [2.45, 2.75) is 0 Å². The number of benzene rings is 1. The largest absolute Gasteiger partial charge is 0.580 e. The van der Waals surface area contributed by atoms with Crippen molar-refractivity contribution >= 4 is 21.5 Å².